The van der Waals surface area contributed by atoms with Gasteiger partial charge in [-0.2, -0.15) is 11.8 Å². The van der Waals surface area contributed by atoms with Crippen LogP contribution >= 0.6 is 11.8 Å². The minimum absolute atomic E-state index is 0.742. The van der Waals surface area contributed by atoms with E-state index in [9.17, 15) is 0 Å². The second-order valence-electron chi connectivity index (χ2n) is 4.13. The van der Waals surface area contributed by atoms with Crippen LogP contribution in [0.2, 0.25) is 0 Å². The molecule has 0 bridgehead atoms. The van der Waals surface area contributed by atoms with Crippen molar-refractivity contribution < 1.29 is 0 Å². The Morgan fingerprint density at radius 3 is 2.19 bits per heavy atom. The SMILES string of the molecule is CCC/C=C/C=C/C(C)CCCC.CSC. The zero-order valence-electron chi connectivity index (χ0n) is 11.8. The van der Waals surface area contributed by atoms with E-state index < -0.39 is 0 Å². The Morgan fingerprint density at radius 1 is 1.06 bits per heavy atom. The Morgan fingerprint density at radius 2 is 1.69 bits per heavy atom. The molecule has 0 rings (SSSR count). The van der Waals surface area contributed by atoms with Gasteiger partial charge < -0.3 is 0 Å². The van der Waals surface area contributed by atoms with Crippen molar-refractivity contribution in [2.75, 3.05) is 12.5 Å². The van der Waals surface area contributed by atoms with Crippen LogP contribution in [-0.2, 0) is 0 Å². The molecule has 0 heterocycles. The molecule has 0 aliphatic carbocycles. The maximum Gasteiger partial charge on any atom is -0.0187 e. The van der Waals surface area contributed by atoms with Gasteiger partial charge in [-0.25, -0.2) is 0 Å². The first-order valence-electron chi connectivity index (χ1n) is 6.46. The van der Waals surface area contributed by atoms with Gasteiger partial charge in [0.15, 0.2) is 0 Å². The van der Waals surface area contributed by atoms with Crippen LogP contribution in [0.5, 0.6) is 0 Å². The number of hydrogen-bond acceptors (Lipinski definition) is 1. The average molecular weight is 242 g/mol. The Balaban J connectivity index is 0. The van der Waals surface area contributed by atoms with Gasteiger partial charge in [-0.1, -0.05) is 64.3 Å². The van der Waals surface area contributed by atoms with Crippen LogP contribution < -0.4 is 0 Å². The lowest BCUT2D eigenvalue weighted by atomic mass is 10.0. The molecule has 1 heteroatoms. The van der Waals surface area contributed by atoms with Gasteiger partial charge in [-0.05, 0) is 31.3 Å². The molecule has 0 spiro atoms. The molecule has 0 aromatic heterocycles. The summed E-state index contributed by atoms with van der Waals surface area (Å²) in [5, 5.41) is 0. The number of unbranched alkanes of at least 4 members (excludes halogenated alkanes) is 2. The second-order valence-corrected chi connectivity index (χ2v) is 4.95. The highest BCUT2D eigenvalue weighted by Crippen LogP contribution is 2.08. The molecule has 0 aromatic carbocycles. The van der Waals surface area contributed by atoms with Crippen LogP contribution in [0.1, 0.15) is 52.9 Å². The second kappa shape index (κ2) is 17.2. The third-order valence-electron chi connectivity index (χ3n) is 2.16. The summed E-state index contributed by atoms with van der Waals surface area (Å²) in [5.41, 5.74) is 0. The zero-order valence-corrected chi connectivity index (χ0v) is 12.6. The van der Waals surface area contributed by atoms with Gasteiger partial charge in [0.1, 0.15) is 0 Å². The Kier molecular flexibility index (Phi) is 19.6. The average Bonchev–Trinajstić information content (AvgIpc) is 2.27. The minimum Gasteiger partial charge on any atom is -0.169 e. The monoisotopic (exact) mass is 242 g/mol. The highest BCUT2D eigenvalue weighted by atomic mass is 32.2. The molecule has 0 amide bonds. The Hall–Kier alpha value is -0.170. The van der Waals surface area contributed by atoms with Crippen molar-refractivity contribution in [3.63, 3.8) is 0 Å². The van der Waals surface area contributed by atoms with Crippen molar-refractivity contribution in [3.8, 4) is 0 Å². The van der Waals surface area contributed by atoms with E-state index in [0.717, 1.165) is 5.92 Å². The molecule has 0 N–H and O–H groups in total. The number of allylic oxidation sites excluding steroid dienone is 4. The topological polar surface area (TPSA) is 0 Å². The quantitative estimate of drug-likeness (QED) is 0.516. The van der Waals surface area contributed by atoms with Crippen molar-refractivity contribution in [2.24, 2.45) is 5.92 Å². The first kappa shape index (κ1) is 18.2. The summed E-state index contributed by atoms with van der Waals surface area (Å²) >= 11 is 1.75. The molecule has 0 aliphatic rings. The van der Waals surface area contributed by atoms with Crippen molar-refractivity contribution in [3.05, 3.63) is 24.3 Å². The molecule has 0 radical (unpaired) electrons. The molecule has 0 fully saturated rings. The van der Waals surface area contributed by atoms with E-state index in [1.54, 1.807) is 11.8 Å². The third-order valence-corrected chi connectivity index (χ3v) is 2.16. The van der Waals surface area contributed by atoms with Crippen LogP contribution in [0.4, 0.5) is 0 Å². The molecule has 16 heavy (non-hydrogen) atoms. The summed E-state index contributed by atoms with van der Waals surface area (Å²) in [6.45, 7) is 6.75. The van der Waals surface area contributed by atoms with Gasteiger partial charge in [0.05, 0.1) is 0 Å². The Labute approximate surface area is 108 Å². The maximum absolute atomic E-state index is 2.31. The highest BCUT2D eigenvalue weighted by Gasteiger charge is 1.93. The predicted octanol–water partition coefficient (Wildman–Crippen LogP) is 5.70. The van der Waals surface area contributed by atoms with Crippen molar-refractivity contribution in [1.82, 2.24) is 0 Å². The Bertz CT molecular complexity index is 159. The van der Waals surface area contributed by atoms with Gasteiger partial charge in [-0.15, -0.1) is 0 Å². The van der Waals surface area contributed by atoms with E-state index in [1.807, 2.05) is 12.5 Å². The predicted molar refractivity (Wildman–Crippen MR) is 81.3 cm³/mol. The molecule has 1 unspecified atom stereocenters. The van der Waals surface area contributed by atoms with E-state index >= 15 is 0 Å². The molecular weight excluding hydrogens is 212 g/mol. The largest absolute Gasteiger partial charge is 0.169 e. The van der Waals surface area contributed by atoms with Gasteiger partial charge in [0, 0.05) is 0 Å². The van der Waals surface area contributed by atoms with Crippen molar-refractivity contribution in [2.45, 2.75) is 52.9 Å². The van der Waals surface area contributed by atoms with E-state index in [2.05, 4.69) is 45.1 Å². The molecular formula is C15H30S. The lowest BCUT2D eigenvalue weighted by Gasteiger charge is -2.02. The summed E-state index contributed by atoms with van der Waals surface area (Å²) in [7, 11) is 0. The summed E-state index contributed by atoms with van der Waals surface area (Å²) in [6, 6.07) is 0. The lowest BCUT2D eigenvalue weighted by Crippen LogP contribution is -1.87. The molecule has 0 aliphatic heterocycles. The summed E-state index contributed by atoms with van der Waals surface area (Å²) in [4.78, 5) is 0. The summed E-state index contributed by atoms with van der Waals surface area (Å²) in [6.07, 6.45) is 19.4. The van der Waals surface area contributed by atoms with Crippen LogP contribution in [0.25, 0.3) is 0 Å². The fourth-order valence-electron chi connectivity index (χ4n) is 1.22. The van der Waals surface area contributed by atoms with Crippen LogP contribution in [-0.4, -0.2) is 12.5 Å². The molecule has 0 saturated carbocycles. The van der Waals surface area contributed by atoms with Crippen molar-refractivity contribution >= 4 is 11.8 Å². The third kappa shape index (κ3) is 19.4. The number of rotatable bonds is 7. The lowest BCUT2D eigenvalue weighted by molar-refractivity contribution is 0.598. The summed E-state index contributed by atoms with van der Waals surface area (Å²) < 4.78 is 0. The molecule has 96 valence electrons. The molecule has 1 atom stereocenters. The molecule has 0 saturated heterocycles. The first-order chi connectivity index (χ1) is 7.72. The van der Waals surface area contributed by atoms with E-state index in [1.165, 1.54) is 32.1 Å². The van der Waals surface area contributed by atoms with Crippen molar-refractivity contribution in [1.29, 1.82) is 0 Å². The maximum atomic E-state index is 2.31. The van der Waals surface area contributed by atoms with Gasteiger partial charge in [0.2, 0.25) is 0 Å². The number of hydrogen-bond donors (Lipinski definition) is 0. The minimum atomic E-state index is 0.742. The molecule has 0 aromatic rings. The fraction of sp³-hybridized carbons (Fsp3) is 0.733. The van der Waals surface area contributed by atoms with Crippen LogP contribution in [0.3, 0.4) is 0 Å². The molecule has 0 nitrogen and oxygen atoms in total. The van der Waals surface area contributed by atoms with E-state index in [4.69, 9.17) is 0 Å². The van der Waals surface area contributed by atoms with Crippen LogP contribution in [0.15, 0.2) is 24.3 Å². The smallest absolute Gasteiger partial charge is 0.0187 e. The van der Waals surface area contributed by atoms with Gasteiger partial charge >= 0.3 is 0 Å². The van der Waals surface area contributed by atoms with E-state index in [-0.39, 0.29) is 0 Å². The zero-order chi connectivity index (χ0) is 12.6. The highest BCUT2D eigenvalue weighted by molar-refractivity contribution is 7.97. The summed E-state index contributed by atoms with van der Waals surface area (Å²) in [5.74, 6) is 0.742. The first-order valence-corrected chi connectivity index (χ1v) is 8.09. The fourth-order valence-corrected chi connectivity index (χ4v) is 1.22. The van der Waals surface area contributed by atoms with E-state index in [0.29, 0.717) is 0 Å². The normalized spacial score (nSPS) is 12.8. The van der Waals surface area contributed by atoms with Gasteiger partial charge in [0.25, 0.3) is 0 Å². The van der Waals surface area contributed by atoms with Gasteiger partial charge in [-0.3, -0.25) is 0 Å². The van der Waals surface area contributed by atoms with Crippen LogP contribution in [0, 0.1) is 5.92 Å². The standard InChI is InChI=1S/C13H24.C2H6S/c1-4-6-8-9-10-12-13(3)11-7-5-2;1-3-2/h8-10,12-13H,4-7,11H2,1-3H3;1-2H3/b9-8+,12-10+;. The number of thioether (sulfide) groups is 1.